The van der Waals surface area contributed by atoms with E-state index in [1.807, 2.05) is 0 Å². The molecule has 1 N–H and O–H groups in total. The Kier molecular flexibility index (Phi) is 5.46. The Balaban J connectivity index is 2.02. The van der Waals surface area contributed by atoms with Crippen LogP contribution in [0.4, 0.5) is 0 Å². The topological polar surface area (TPSA) is 28.4 Å². The summed E-state index contributed by atoms with van der Waals surface area (Å²) in [7, 11) is 2.10. The van der Waals surface area contributed by atoms with Crippen molar-refractivity contribution in [2.75, 3.05) is 6.54 Å². The molecule has 0 bridgehead atoms. The maximum atomic E-state index is 10.0. The van der Waals surface area contributed by atoms with Gasteiger partial charge in [-0.1, -0.05) is 26.2 Å². The molecule has 0 spiro atoms. The van der Waals surface area contributed by atoms with Crippen LogP contribution in [0.15, 0.2) is 18.3 Å². The van der Waals surface area contributed by atoms with Gasteiger partial charge in [-0.25, -0.2) is 0 Å². The van der Waals surface area contributed by atoms with Crippen molar-refractivity contribution < 1.29 is 5.11 Å². The largest absolute Gasteiger partial charge is 0.392 e. The van der Waals surface area contributed by atoms with Crippen LogP contribution in [0.2, 0.25) is 0 Å². The van der Waals surface area contributed by atoms with Crippen LogP contribution in [-0.2, 0) is 13.6 Å². The molecule has 1 aromatic rings. The molecule has 0 aromatic carbocycles. The second kappa shape index (κ2) is 7.11. The number of hydrogen-bond acceptors (Lipinski definition) is 2. The third-order valence-electron chi connectivity index (χ3n) is 4.42. The van der Waals surface area contributed by atoms with E-state index in [2.05, 4.69) is 41.8 Å². The van der Waals surface area contributed by atoms with Gasteiger partial charge in [0.2, 0.25) is 0 Å². The highest BCUT2D eigenvalue weighted by molar-refractivity contribution is 5.06. The molecule has 1 saturated carbocycles. The first-order valence-corrected chi connectivity index (χ1v) is 7.73. The van der Waals surface area contributed by atoms with Crippen molar-refractivity contribution in [3.63, 3.8) is 0 Å². The number of nitrogens with zero attached hydrogens (tertiary/aromatic N) is 2. The van der Waals surface area contributed by atoms with Crippen LogP contribution in [0, 0.1) is 0 Å². The van der Waals surface area contributed by atoms with Gasteiger partial charge < -0.3 is 9.67 Å². The van der Waals surface area contributed by atoms with E-state index in [4.69, 9.17) is 0 Å². The SMILES string of the molecule is CC[C@H](O)CN(Cc1cccn1C)C1CCCCC1. The maximum Gasteiger partial charge on any atom is 0.0664 e. The highest BCUT2D eigenvalue weighted by atomic mass is 16.3. The van der Waals surface area contributed by atoms with Gasteiger partial charge in [-0.3, -0.25) is 4.90 Å². The molecule has 108 valence electrons. The summed E-state index contributed by atoms with van der Waals surface area (Å²) in [5.41, 5.74) is 1.34. The van der Waals surface area contributed by atoms with Gasteiger partial charge in [0, 0.05) is 38.1 Å². The summed E-state index contributed by atoms with van der Waals surface area (Å²) in [4.78, 5) is 2.50. The number of aliphatic hydroxyl groups excluding tert-OH is 1. The molecule has 0 saturated heterocycles. The second-order valence-electron chi connectivity index (χ2n) is 5.89. The van der Waals surface area contributed by atoms with Gasteiger partial charge in [0.25, 0.3) is 0 Å². The molecule has 0 amide bonds. The molecule has 1 aliphatic carbocycles. The van der Waals surface area contributed by atoms with E-state index in [0.29, 0.717) is 6.04 Å². The minimum Gasteiger partial charge on any atom is -0.392 e. The average Bonchev–Trinajstić information content (AvgIpc) is 2.84. The lowest BCUT2D eigenvalue weighted by molar-refractivity contribution is 0.0645. The molecule has 3 heteroatoms. The standard InChI is InChI=1S/C16H28N2O/c1-3-16(19)13-18(14-8-5-4-6-9-14)12-15-10-7-11-17(15)2/h7,10-11,14,16,19H,3-6,8-9,12-13H2,1-2H3/t16-/m0/s1. The number of hydrogen-bond donors (Lipinski definition) is 1. The first-order chi connectivity index (χ1) is 9.20. The Labute approximate surface area is 117 Å². The van der Waals surface area contributed by atoms with E-state index in [1.54, 1.807) is 0 Å². The highest BCUT2D eigenvalue weighted by Crippen LogP contribution is 2.24. The third kappa shape index (κ3) is 4.08. The Bertz CT molecular complexity index is 369. The van der Waals surface area contributed by atoms with Crippen molar-refractivity contribution in [3.05, 3.63) is 24.0 Å². The zero-order chi connectivity index (χ0) is 13.7. The molecule has 3 nitrogen and oxygen atoms in total. The van der Waals surface area contributed by atoms with E-state index in [0.717, 1.165) is 19.5 Å². The molecule has 0 unspecified atom stereocenters. The van der Waals surface area contributed by atoms with E-state index in [-0.39, 0.29) is 6.10 Å². The van der Waals surface area contributed by atoms with Gasteiger partial charge >= 0.3 is 0 Å². The quantitative estimate of drug-likeness (QED) is 0.855. The lowest BCUT2D eigenvalue weighted by Crippen LogP contribution is -2.41. The van der Waals surface area contributed by atoms with Crippen LogP contribution in [0.1, 0.15) is 51.1 Å². The molecule has 1 heterocycles. The average molecular weight is 264 g/mol. The number of aromatic nitrogens is 1. The lowest BCUT2D eigenvalue weighted by atomic mass is 9.93. The summed E-state index contributed by atoms with van der Waals surface area (Å²) in [6.07, 6.45) is 9.41. The summed E-state index contributed by atoms with van der Waals surface area (Å²) in [6, 6.07) is 4.95. The van der Waals surface area contributed by atoms with Crippen molar-refractivity contribution >= 4 is 0 Å². The van der Waals surface area contributed by atoms with Gasteiger partial charge in [-0.15, -0.1) is 0 Å². The van der Waals surface area contributed by atoms with Crippen molar-refractivity contribution in [3.8, 4) is 0 Å². The summed E-state index contributed by atoms with van der Waals surface area (Å²) < 4.78 is 2.19. The van der Waals surface area contributed by atoms with Gasteiger partial charge in [0.1, 0.15) is 0 Å². The summed E-state index contributed by atoms with van der Waals surface area (Å²) in [5, 5.41) is 10.0. The Hall–Kier alpha value is -0.800. The van der Waals surface area contributed by atoms with Crippen molar-refractivity contribution in [1.82, 2.24) is 9.47 Å². The fourth-order valence-electron chi connectivity index (χ4n) is 3.06. The summed E-state index contributed by atoms with van der Waals surface area (Å²) in [5.74, 6) is 0. The van der Waals surface area contributed by atoms with Crippen LogP contribution >= 0.6 is 0 Å². The molecule has 0 radical (unpaired) electrons. The lowest BCUT2D eigenvalue weighted by Gasteiger charge is -2.35. The Morgan fingerprint density at radius 2 is 2.11 bits per heavy atom. The molecule has 19 heavy (non-hydrogen) atoms. The van der Waals surface area contributed by atoms with Crippen LogP contribution < -0.4 is 0 Å². The first-order valence-electron chi connectivity index (χ1n) is 7.73. The fourth-order valence-corrected chi connectivity index (χ4v) is 3.06. The van der Waals surface area contributed by atoms with Crippen molar-refractivity contribution in [2.45, 2.75) is 64.1 Å². The van der Waals surface area contributed by atoms with Crippen LogP contribution in [0.25, 0.3) is 0 Å². The molecule has 1 fully saturated rings. The molecule has 1 aliphatic rings. The van der Waals surface area contributed by atoms with Gasteiger partial charge in [0.15, 0.2) is 0 Å². The van der Waals surface area contributed by atoms with Gasteiger partial charge in [-0.2, -0.15) is 0 Å². The molecular formula is C16H28N2O. The Morgan fingerprint density at radius 3 is 2.68 bits per heavy atom. The predicted molar refractivity (Wildman–Crippen MR) is 79.0 cm³/mol. The van der Waals surface area contributed by atoms with E-state index in [1.165, 1.54) is 37.8 Å². The zero-order valence-electron chi connectivity index (χ0n) is 12.4. The smallest absolute Gasteiger partial charge is 0.0664 e. The van der Waals surface area contributed by atoms with E-state index >= 15 is 0 Å². The number of aliphatic hydroxyl groups is 1. The molecule has 0 aliphatic heterocycles. The predicted octanol–water partition coefficient (Wildman–Crippen LogP) is 2.93. The maximum absolute atomic E-state index is 10.0. The Morgan fingerprint density at radius 1 is 1.37 bits per heavy atom. The second-order valence-corrected chi connectivity index (χ2v) is 5.89. The number of rotatable bonds is 6. The highest BCUT2D eigenvalue weighted by Gasteiger charge is 2.23. The van der Waals surface area contributed by atoms with E-state index in [9.17, 15) is 5.11 Å². The molecule has 1 atom stereocenters. The first kappa shape index (κ1) is 14.6. The molecule has 2 rings (SSSR count). The monoisotopic (exact) mass is 264 g/mol. The molecular weight excluding hydrogens is 236 g/mol. The number of aryl methyl sites for hydroxylation is 1. The molecule has 1 aromatic heterocycles. The van der Waals surface area contributed by atoms with Crippen LogP contribution in [0.5, 0.6) is 0 Å². The minimum atomic E-state index is -0.192. The van der Waals surface area contributed by atoms with Gasteiger partial charge in [-0.05, 0) is 31.4 Å². The minimum absolute atomic E-state index is 0.192. The van der Waals surface area contributed by atoms with Crippen molar-refractivity contribution in [2.24, 2.45) is 7.05 Å². The van der Waals surface area contributed by atoms with Crippen LogP contribution in [0.3, 0.4) is 0 Å². The van der Waals surface area contributed by atoms with Crippen molar-refractivity contribution in [1.29, 1.82) is 0 Å². The van der Waals surface area contributed by atoms with Gasteiger partial charge in [0.05, 0.1) is 6.10 Å². The third-order valence-corrected chi connectivity index (χ3v) is 4.42. The van der Waals surface area contributed by atoms with Crippen LogP contribution in [-0.4, -0.2) is 33.3 Å². The summed E-state index contributed by atoms with van der Waals surface area (Å²) >= 11 is 0. The fraction of sp³-hybridized carbons (Fsp3) is 0.750. The normalized spacial score (nSPS) is 18.9. The van der Waals surface area contributed by atoms with E-state index < -0.39 is 0 Å². The summed E-state index contributed by atoms with van der Waals surface area (Å²) in [6.45, 7) is 3.84. The zero-order valence-corrected chi connectivity index (χ0v) is 12.4.